The molecular weight excluding hydrogens is 498 g/mol. The van der Waals surface area contributed by atoms with Gasteiger partial charge >= 0.3 is 5.97 Å². The third-order valence-corrected chi connectivity index (χ3v) is 6.26. The van der Waals surface area contributed by atoms with Crippen LogP contribution in [0.25, 0.3) is 11.0 Å². The smallest absolute Gasteiger partial charge is 0.338 e. The number of carbonyl (C=O) groups excluding carboxylic acids is 3. The molecule has 0 saturated heterocycles. The van der Waals surface area contributed by atoms with Gasteiger partial charge in [0, 0.05) is 16.1 Å². The maximum Gasteiger partial charge on any atom is 0.338 e. The Morgan fingerprint density at radius 3 is 2.38 bits per heavy atom. The highest BCUT2D eigenvalue weighted by atomic mass is 35.5. The summed E-state index contributed by atoms with van der Waals surface area (Å²) in [5.41, 5.74) is 1.32. The molecule has 8 nitrogen and oxygen atoms in total. The van der Waals surface area contributed by atoms with Crippen LogP contribution in [0.4, 0.5) is 5.69 Å². The van der Waals surface area contributed by atoms with Gasteiger partial charge in [-0.1, -0.05) is 23.7 Å². The molecule has 0 fully saturated rings. The molecule has 0 bridgehead atoms. The summed E-state index contributed by atoms with van der Waals surface area (Å²) in [5.74, 6) is -2.80. The van der Waals surface area contributed by atoms with Crippen molar-refractivity contribution in [3.05, 3.63) is 106 Å². The second-order valence-corrected chi connectivity index (χ2v) is 8.76. The molecule has 1 unspecified atom stereocenters. The van der Waals surface area contributed by atoms with Gasteiger partial charge in [0.2, 0.25) is 5.78 Å². The van der Waals surface area contributed by atoms with E-state index in [1.54, 1.807) is 37.3 Å². The first-order chi connectivity index (χ1) is 17.8. The fourth-order valence-electron chi connectivity index (χ4n) is 4.31. The molecule has 1 atom stereocenters. The number of esters is 1. The third-order valence-electron chi connectivity index (χ3n) is 6.02. The summed E-state index contributed by atoms with van der Waals surface area (Å²) in [6, 6.07) is 17.3. The number of hydrogen-bond donors (Lipinski definition) is 2. The molecule has 3 aromatic carbocycles. The molecular formula is C28H20ClNO7. The number of aliphatic hydroxyl groups is 1. The molecule has 1 amide bonds. The Hall–Kier alpha value is -4.56. The number of rotatable bonds is 6. The number of anilines is 1. The number of ketones is 1. The molecule has 0 aliphatic carbocycles. The average molecular weight is 518 g/mol. The molecule has 4 aromatic rings. The fourth-order valence-corrected chi connectivity index (χ4v) is 4.49. The van der Waals surface area contributed by atoms with Gasteiger partial charge in [-0.25, -0.2) is 4.79 Å². The highest BCUT2D eigenvalue weighted by Gasteiger charge is 2.45. The van der Waals surface area contributed by atoms with E-state index in [1.165, 1.54) is 47.4 Å². The maximum absolute atomic E-state index is 13.7. The molecule has 0 radical (unpaired) electrons. The topological polar surface area (TPSA) is 117 Å². The van der Waals surface area contributed by atoms with Crippen molar-refractivity contribution in [1.82, 2.24) is 0 Å². The van der Waals surface area contributed by atoms with Crippen molar-refractivity contribution < 1.29 is 33.8 Å². The summed E-state index contributed by atoms with van der Waals surface area (Å²) in [7, 11) is 0. The summed E-state index contributed by atoms with van der Waals surface area (Å²) in [6.07, 6.45) is 0. The van der Waals surface area contributed by atoms with E-state index >= 15 is 0 Å². The number of phenols is 1. The number of aromatic hydroxyl groups is 1. The quantitative estimate of drug-likeness (QED) is 0.247. The van der Waals surface area contributed by atoms with Crippen LogP contribution in [0.2, 0.25) is 5.02 Å². The van der Waals surface area contributed by atoms with E-state index in [4.69, 9.17) is 20.8 Å². The molecule has 37 heavy (non-hydrogen) atoms. The molecule has 2 N–H and O–H groups in total. The van der Waals surface area contributed by atoms with Gasteiger partial charge in [-0.05, 0) is 73.2 Å². The monoisotopic (exact) mass is 517 g/mol. The first-order valence-corrected chi connectivity index (χ1v) is 11.7. The van der Waals surface area contributed by atoms with Crippen molar-refractivity contribution in [3.63, 3.8) is 0 Å². The van der Waals surface area contributed by atoms with Crippen LogP contribution in [0.5, 0.6) is 5.75 Å². The zero-order chi connectivity index (χ0) is 26.3. The van der Waals surface area contributed by atoms with Gasteiger partial charge < -0.3 is 19.4 Å². The normalized spacial score (nSPS) is 15.5. The molecule has 186 valence electrons. The molecule has 1 aliphatic heterocycles. The van der Waals surface area contributed by atoms with Gasteiger partial charge in [-0.3, -0.25) is 14.5 Å². The highest BCUT2D eigenvalue weighted by molar-refractivity contribution is 6.31. The van der Waals surface area contributed by atoms with E-state index < -0.39 is 29.5 Å². The molecule has 0 saturated carbocycles. The number of aliphatic hydroxyl groups excluding tert-OH is 1. The Balaban J connectivity index is 1.59. The highest BCUT2D eigenvalue weighted by Crippen LogP contribution is 2.42. The number of carbonyl (C=O) groups is 3. The van der Waals surface area contributed by atoms with E-state index in [9.17, 15) is 24.6 Å². The lowest BCUT2D eigenvalue weighted by Crippen LogP contribution is -2.31. The molecule has 1 aromatic heterocycles. The van der Waals surface area contributed by atoms with Crippen molar-refractivity contribution in [1.29, 1.82) is 0 Å². The number of furan rings is 1. The predicted molar refractivity (Wildman–Crippen MR) is 136 cm³/mol. The largest absolute Gasteiger partial charge is 0.508 e. The Morgan fingerprint density at radius 1 is 1.00 bits per heavy atom. The minimum absolute atomic E-state index is 0.00588. The minimum Gasteiger partial charge on any atom is -0.508 e. The van der Waals surface area contributed by atoms with Gasteiger partial charge in [0.1, 0.15) is 11.3 Å². The Bertz CT molecular complexity index is 1570. The average Bonchev–Trinajstić information content (AvgIpc) is 3.43. The Morgan fingerprint density at radius 2 is 1.70 bits per heavy atom. The number of ether oxygens (including phenoxy) is 1. The van der Waals surface area contributed by atoms with Gasteiger partial charge in [-0.2, -0.15) is 0 Å². The predicted octanol–water partition coefficient (Wildman–Crippen LogP) is 5.75. The lowest BCUT2D eigenvalue weighted by molar-refractivity contribution is -0.117. The second kappa shape index (κ2) is 9.48. The summed E-state index contributed by atoms with van der Waals surface area (Å²) < 4.78 is 10.7. The van der Waals surface area contributed by atoms with E-state index in [1.807, 2.05) is 0 Å². The first kappa shape index (κ1) is 24.1. The van der Waals surface area contributed by atoms with Crippen LogP contribution in [0.15, 0.2) is 88.5 Å². The van der Waals surface area contributed by atoms with Crippen molar-refractivity contribution in [2.24, 2.45) is 0 Å². The standard InChI is InChI=1S/C28H20ClNO7/c1-2-36-28(35)16-3-8-19(9-4-16)30-24(15-5-10-20(31)11-6-15)23(26(33)27(30)34)25(32)22-14-17-13-18(29)7-12-21(17)37-22/h3-14,24,31,33H,2H2,1H3. The number of nitrogens with zero attached hydrogens (tertiary/aromatic N) is 1. The number of hydrogen-bond acceptors (Lipinski definition) is 7. The zero-order valence-corrected chi connectivity index (χ0v) is 20.2. The first-order valence-electron chi connectivity index (χ1n) is 11.3. The van der Waals surface area contributed by atoms with Gasteiger partial charge in [-0.15, -0.1) is 0 Å². The number of amides is 1. The van der Waals surface area contributed by atoms with Crippen LogP contribution in [-0.4, -0.2) is 34.5 Å². The Labute approximate surface area is 215 Å². The van der Waals surface area contributed by atoms with E-state index in [0.29, 0.717) is 27.2 Å². The molecule has 1 aliphatic rings. The second-order valence-electron chi connectivity index (χ2n) is 8.32. The molecule has 2 heterocycles. The van der Waals surface area contributed by atoms with Crippen LogP contribution in [0.1, 0.15) is 39.4 Å². The lowest BCUT2D eigenvalue weighted by Gasteiger charge is -2.27. The number of halogens is 1. The lowest BCUT2D eigenvalue weighted by atomic mass is 9.94. The van der Waals surface area contributed by atoms with Crippen LogP contribution in [-0.2, 0) is 9.53 Å². The number of phenolic OH excluding ortho intramolecular Hbond substituents is 1. The van der Waals surface area contributed by atoms with Gasteiger partial charge in [0.05, 0.1) is 23.8 Å². The van der Waals surface area contributed by atoms with Crippen LogP contribution < -0.4 is 4.90 Å². The van der Waals surface area contributed by atoms with Crippen LogP contribution in [0, 0.1) is 0 Å². The molecule has 0 spiro atoms. The van der Waals surface area contributed by atoms with Crippen molar-refractivity contribution in [3.8, 4) is 5.75 Å². The zero-order valence-electron chi connectivity index (χ0n) is 19.5. The van der Waals surface area contributed by atoms with E-state index in [0.717, 1.165) is 0 Å². The van der Waals surface area contributed by atoms with Crippen molar-refractivity contribution in [2.75, 3.05) is 11.5 Å². The number of benzene rings is 3. The van der Waals surface area contributed by atoms with Crippen molar-refractivity contribution in [2.45, 2.75) is 13.0 Å². The van der Waals surface area contributed by atoms with Crippen molar-refractivity contribution >= 4 is 45.9 Å². The minimum atomic E-state index is -1.04. The summed E-state index contributed by atoms with van der Waals surface area (Å²) in [5, 5.41) is 21.8. The molecule has 5 rings (SSSR count). The number of fused-ring (bicyclic) bond motifs is 1. The summed E-state index contributed by atoms with van der Waals surface area (Å²) >= 11 is 6.05. The van der Waals surface area contributed by atoms with Crippen LogP contribution in [0.3, 0.4) is 0 Å². The summed E-state index contributed by atoms with van der Waals surface area (Å²) in [6.45, 7) is 1.91. The van der Waals surface area contributed by atoms with Crippen LogP contribution >= 0.6 is 11.6 Å². The maximum atomic E-state index is 13.7. The SMILES string of the molecule is CCOC(=O)c1ccc(N2C(=O)C(O)=C(C(=O)c3cc4cc(Cl)ccc4o3)C2c2ccc(O)cc2)cc1. The summed E-state index contributed by atoms with van der Waals surface area (Å²) in [4.78, 5) is 40.3. The van der Waals surface area contributed by atoms with E-state index in [-0.39, 0.29) is 29.3 Å². The third kappa shape index (κ3) is 4.32. The number of Topliss-reactive ketones (excluding diaryl/α,β-unsaturated/α-hetero) is 1. The molecule has 9 heteroatoms. The van der Waals surface area contributed by atoms with E-state index in [2.05, 4.69) is 0 Å². The fraction of sp³-hybridized carbons (Fsp3) is 0.107. The van der Waals surface area contributed by atoms with Gasteiger partial charge in [0.15, 0.2) is 11.5 Å². The Kier molecular flexibility index (Phi) is 6.19. The van der Waals surface area contributed by atoms with Gasteiger partial charge in [0.25, 0.3) is 5.91 Å².